The molecule has 2 rings (SSSR count). The van der Waals surface area contributed by atoms with Crippen LogP contribution in [-0.2, 0) is 0 Å². The highest BCUT2D eigenvalue weighted by Crippen LogP contribution is 2.34. The molecule has 0 amide bonds. The topological polar surface area (TPSA) is 46.2 Å². The van der Waals surface area contributed by atoms with Gasteiger partial charge in [-0.15, -0.1) is 0 Å². The molecule has 0 bridgehead atoms. The first-order valence-electron chi connectivity index (χ1n) is 6.11. The van der Waals surface area contributed by atoms with Crippen LogP contribution in [0.15, 0.2) is 46.9 Å². The first-order valence-corrected chi connectivity index (χ1v) is 6.90. The third kappa shape index (κ3) is 3.23. The predicted molar refractivity (Wildman–Crippen MR) is 77.3 cm³/mol. The SMILES string of the molecule is NCC(c1ccc(F)cc1)C(O)c1cc(F)ccc1Br. The van der Waals surface area contributed by atoms with Gasteiger partial charge in [0.1, 0.15) is 11.6 Å². The van der Waals surface area contributed by atoms with Gasteiger partial charge in [-0.1, -0.05) is 28.1 Å². The highest BCUT2D eigenvalue weighted by atomic mass is 79.9. The number of hydrogen-bond acceptors (Lipinski definition) is 2. The monoisotopic (exact) mass is 341 g/mol. The Balaban J connectivity index is 2.35. The molecule has 0 aliphatic heterocycles. The second kappa shape index (κ2) is 6.43. The molecule has 2 aromatic rings. The van der Waals surface area contributed by atoms with Crippen molar-refractivity contribution in [2.24, 2.45) is 5.73 Å². The zero-order chi connectivity index (χ0) is 14.7. The van der Waals surface area contributed by atoms with E-state index in [0.29, 0.717) is 15.6 Å². The Morgan fingerprint density at radius 2 is 1.65 bits per heavy atom. The average Bonchev–Trinajstić information content (AvgIpc) is 2.44. The van der Waals surface area contributed by atoms with E-state index >= 15 is 0 Å². The summed E-state index contributed by atoms with van der Waals surface area (Å²) in [6.45, 7) is 0.162. The van der Waals surface area contributed by atoms with Crippen molar-refractivity contribution < 1.29 is 13.9 Å². The van der Waals surface area contributed by atoms with Crippen LogP contribution in [0.25, 0.3) is 0 Å². The van der Waals surface area contributed by atoms with Crippen molar-refractivity contribution in [2.75, 3.05) is 6.54 Å². The van der Waals surface area contributed by atoms with Gasteiger partial charge in [0.25, 0.3) is 0 Å². The molecule has 5 heteroatoms. The molecule has 20 heavy (non-hydrogen) atoms. The summed E-state index contributed by atoms with van der Waals surface area (Å²) in [7, 11) is 0. The Hall–Kier alpha value is -1.30. The summed E-state index contributed by atoms with van der Waals surface area (Å²) in [4.78, 5) is 0. The fourth-order valence-electron chi connectivity index (χ4n) is 2.12. The van der Waals surface area contributed by atoms with E-state index in [0.717, 1.165) is 0 Å². The maximum absolute atomic E-state index is 13.3. The molecule has 0 saturated carbocycles. The molecule has 106 valence electrons. The molecule has 0 aromatic heterocycles. The number of aliphatic hydroxyl groups is 1. The summed E-state index contributed by atoms with van der Waals surface area (Å²) >= 11 is 3.29. The third-order valence-corrected chi connectivity index (χ3v) is 3.93. The molecule has 0 aliphatic carbocycles. The number of benzene rings is 2. The lowest BCUT2D eigenvalue weighted by Crippen LogP contribution is -2.20. The first-order chi connectivity index (χ1) is 9.52. The standard InChI is InChI=1S/C15H14BrF2NO/c16-14-6-5-11(18)7-12(14)15(20)13(8-19)9-1-3-10(17)4-2-9/h1-7,13,15,20H,8,19H2. The Labute approximate surface area is 124 Å². The Kier molecular flexibility index (Phi) is 4.86. The highest BCUT2D eigenvalue weighted by Gasteiger charge is 2.23. The van der Waals surface area contributed by atoms with Gasteiger partial charge >= 0.3 is 0 Å². The second-order valence-electron chi connectivity index (χ2n) is 4.50. The summed E-state index contributed by atoms with van der Waals surface area (Å²) in [5.41, 5.74) is 6.83. The van der Waals surface area contributed by atoms with Crippen LogP contribution >= 0.6 is 15.9 Å². The lowest BCUT2D eigenvalue weighted by molar-refractivity contribution is 0.146. The van der Waals surface area contributed by atoms with E-state index in [1.807, 2.05) is 0 Å². The minimum absolute atomic E-state index is 0.162. The van der Waals surface area contributed by atoms with E-state index in [-0.39, 0.29) is 12.4 Å². The predicted octanol–water partition coefficient (Wildman–Crippen LogP) is 3.50. The molecule has 0 fully saturated rings. The zero-order valence-corrected chi connectivity index (χ0v) is 12.1. The van der Waals surface area contributed by atoms with E-state index < -0.39 is 17.8 Å². The van der Waals surface area contributed by atoms with Crippen molar-refractivity contribution >= 4 is 15.9 Å². The maximum atomic E-state index is 13.3. The van der Waals surface area contributed by atoms with Crippen molar-refractivity contribution in [3.63, 3.8) is 0 Å². The van der Waals surface area contributed by atoms with Gasteiger partial charge in [-0.25, -0.2) is 8.78 Å². The number of hydrogen-bond donors (Lipinski definition) is 2. The van der Waals surface area contributed by atoms with Gasteiger partial charge in [0.15, 0.2) is 0 Å². The molecule has 3 N–H and O–H groups in total. The number of rotatable bonds is 4. The average molecular weight is 342 g/mol. The minimum Gasteiger partial charge on any atom is -0.388 e. The van der Waals surface area contributed by atoms with Crippen LogP contribution in [0.4, 0.5) is 8.78 Å². The zero-order valence-electron chi connectivity index (χ0n) is 10.6. The van der Waals surface area contributed by atoms with Crippen LogP contribution < -0.4 is 5.73 Å². The highest BCUT2D eigenvalue weighted by molar-refractivity contribution is 9.10. The van der Waals surface area contributed by atoms with Crippen LogP contribution in [-0.4, -0.2) is 11.7 Å². The normalized spacial score (nSPS) is 14.1. The lowest BCUT2D eigenvalue weighted by Gasteiger charge is -2.23. The summed E-state index contributed by atoms with van der Waals surface area (Å²) in [5, 5.41) is 10.4. The van der Waals surface area contributed by atoms with Crippen molar-refractivity contribution in [1.29, 1.82) is 0 Å². The van der Waals surface area contributed by atoms with E-state index in [1.165, 1.54) is 30.3 Å². The molecule has 0 heterocycles. The van der Waals surface area contributed by atoms with Gasteiger partial charge in [-0.2, -0.15) is 0 Å². The van der Waals surface area contributed by atoms with E-state index in [4.69, 9.17) is 5.73 Å². The van der Waals surface area contributed by atoms with Crippen LogP contribution in [0.2, 0.25) is 0 Å². The molecule has 2 nitrogen and oxygen atoms in total. The van der Waals surface area contributed by atoms with Gasteiger partial charge in [0.05, 0.1) is 6.10 Å². The van der Waals surface area contributed by atoms with Gasteiger partial charge in [0.2, 0.25) is 0 Å². The summed E-state index contributed by atoms with van der Waals surface area (Å²) in [6, 6.07) is 9.87. The number of aliphatic hydroxyl groups excluding tert-OH is 1. The molecule has 0 radical (unpaired) electrons. The summed E-state index contributed by atoms with van der Waals surface area (Å²) in [5.74, 6) is -1.23. The first kappa shape index (κ1) is 15.1. The van der Waals surface area contributed by atoms with Gasteiger partial charge in [-0.05, 0) is 41.5 Å². The van der Waals surface area contributed by atoms with Crippen LogP contribution in [0.3, 0.4) is 0 Å². The molecule has 2 aromatic carbocycles. The molecule has 0 spiro atoms. The molecule has 0 aliphatic rings. The smallest absolute Gasteiger partial charge is 0.123 e. The van der Waals surface area contributed by atoms with E-state index in [9.17, 15) is 13.9 Å². The Bertz CT molecular complexity index is 589. The molecule has 2 atom stereocenters. The minimum atomic E-state index is -0.976. The van der Waals surface area contributed by atoms with E-state index in [2.05, 4.69) is 15.9 Å². The molecule has 2 unspecified atom stereocenters. The van der Waals surface area contributed by atoms with Gasteiger partial charge in [-0.3, -0.25) is 0 Å². The summed E-state index contributed by atoms with van der Waals surface area (Å²) < 4.78 is 26.9. The maximum Gasteiger partial charge on any atom is 0.123 e. The van der Waals surface area contributed by atoms with Crippen LogP contribution in [0.5, 0.6) is 0 Å². The fraction of sp³-hybridized carbons (Fsp3) is 0.200. The molecule has 0 saturated heterocycles. The second-order valence-corrected chi connectivity index (χ2v) is 5.36. The van der Waals surface area contributed by atoms with Crippen molar-refractivity contribution in [2.45, 2.75) is 12.0 Å². The molecular formula is C15H14BrF2NO. The quantitative estimate of drug-likeness (QED) is 0.893. The van der Waals surface area contributed by atoms with Crippen molar-refractivity contribution in [3.05, 3.63) is 69.7 Å². The Morgan fingerprint density at radius 1 is 1.05 bits per heavy atom. The van der Waals surface area contributed by atoms with Crippen molar-refractivity contribution in [3.8, 4) is 0 Å². The third-order valence-electron chi connectivity index (χ3n) is 3.21. The van der Waals surface area contributed by atoms with Gasteiger partial charge in [0, 0.05) is 16.9 Å². The van der Waals surface area contributed by atoms with Crippen LogP contribution in [0.1, 0.15) is 23.1 Å². The Morgan fingerprint density at radius 3 is 2.25 bits per heavy atom. The van der Waals surface area contributed by atoms with Crippen molar-refractivity contribution in [1.82, 2.24) is 0 Å². The van der Waals surface area contributed by atoms with Gasteiger partial charge < -0.3 is 10.8 Å². The number of nitrogens with two attached hydrogens (primary N) is 1. The fourth-order valence-corrected chi connectivity index (χ4v) is 2.60. The largest absolute Gasteiger partial charge is 0.388 e. The number of halogens is 3. The van der Waals surface area contributed by atoms with E-state index in [1.54, 1.807) is 12.1 Å². The lowest BCUT2D eigenvalue weighted by atomic mass is 9.89. The molecular weight excluding hydrogens is 328 g/mol. The summed E-state index contributed by atoms with van der Waals surface area (Å²) in [6.07, 6.45) is -0.976. The van der Waals surface area contributed by atoms with Crippen LogP contribution in [0, 0.1) is 11.6 Å².